The predicted molar refractivity (Wildman–Crippen MR) is 83.3 cm³/mol. The normalized spacial score (nSPS) is 11.3. The number of pyridine rings is 1. The molecular formula is C15H14N4O2S. The van der Waals surface area contributed by atoms with Crippen molar-refractivity contribution in [2.45, 2.75) is 11.8 Å². The van der Waals surface area contributed by atoms with E-state index in [9.17, 15) is 8.42 Å². The second kappa shape index (κ2) is 5.61. The molecule has 1 N–H and O–H groups in total. The van der Waals surface area contributed by atoms with Crippen molar-refractivity contribution in [2.75, 3.05) is 4.72 Å². The first-order valence-electron chi connectivity index (χ1n) is 6.61. The minimum atomic E-state index is -3.68. The molecule has 0 fully saturated rings. The summed E-state index contributed by atoms with van der Waals surface area (Å²) in [5, 5.41) is 4.05. The van der Waals surface area contributed by atoms with Crippen LogP contribution in [0.4, 0.5) is 5.69 Å². The Kier molecular flexibility index (Phi) is 3.64. The molecule has 0 unspecified atom stereocenters. The largest absolute Gasteiger partial charge is 0.279 e. The van der Waals surface area contributed by atoms with Crippen LogP contribution < -0.4 is 4.72 Å². The van der Waals surface area contributed by atoms with E-state index in [2.05, 4.69) is 14.8 Å². The monoisotopic (exact) mass is 314 g/mol. The molecule has 0 amide bonds. The fourth-order valence-corrected chi connectivity index (χ4v) is 3.01. The first kappa shape index (κ1) is 14.3. The zero-order valence-electron chi connectivity index (χ0n) is 11.8. The Labute approximate surface area is 128 Å². The van der Waals surface area contributed by atoms with Gasteiger partial charge in [0.1, 0.15) is 4.90 Å². The van der Waals surface area contributed by atoms with Crippen LogP contribution in [0.3, 0.4) is 0 Å². The van der Waals surface area contributed by atoms with Gasteiger partial charge in [-0.2, -0.15) is 5.10 Å². The van der Waals surface area contributed by atoms with Gasteiger partial charge in [0.25, 0.3) is 10.0 Å². The number of para-hydroxylation sites is 1. The number of benzene rings is 1. The molecule has 0 saturated carbocycles. The molecule has 0 saturated heterocycles. The lowest BCUT2D eigenvalue weighted by Crippen LogP contribution is -2.13. The number of nitrogens with zero attached hydrogens (tertiary/aromatic N) is 3. The van der Waals surface area contributed by atoms with Crippen molar-refractivity contribution in [3.8, 4) is 5.82 Å². The third-order valence-electron chi connectivity index (χ3n) is 3.14. The van der Waals surface area contributed by atoms with Gasteiger partial charge in [-0.25, -0.2) is 18.1 Å². The average molecular weight is 314 g/mol. The van der Waals surface area contributed by atoms with Crippen molar-refractivity contribution in [3.63, 3.8) is 0 Å². The number of hydrogen-bond acceptors (Lipinski definition) is 4. The Morgan fingerprint density at radius 3 is 2.59 bits per heavy atom. The summed E-state index contributed by atoms with van der Waals surface area (Å²) in [7, 11) is -3.68. The van der Waals surface area contributed by atoms with Crippen LogP contribution in [0, 0.1) is 6.92 Å². The van der Waals surface area contributed by atoms with Crippen LogP contribution in [-0.2, 0) is 10.0 Å². The Morgan fingerprint density at radius 2 is 1.86 bits per heavy atom. The molecule has 22 heavy (non-hydrogen) atoms. The SMILES string of the molecule is Cc1ccccc1NS(=O)(=O)c1cnn(-c2ccccn2)c1. The van der Waals surface area contributed by atoms with Gasteiger partial charge in [0.15, 0.2) is 5.82 Å². The minimum absolute atomic E-state index is 0.0846. The number of anilines is 1. The van der Waals surface area contributed by atoms with Gasteiger partial charge in [0.2, 0.25) is 0 Å². The number of hydrogen-bond donors (Lipinski definition) is 1. The third-order valence-corrected chi connectivity index (χ3v) is 4.46. The second-order valence-electron chi connectivity index (χ2n) is 4.73. The zero-order valence-corrected chi connectivity index (χ0v) is 12.7. The lowest BCUT2D eigenvalue weighted by Gasteiger charge is -2.08. The summed E-state index contributed by atoms with van der Waals surface area (Å²) < 4.78 is 28.8. The maximum atomic E-state index is 12.4. The lowest BCUT2D eigenvalue weighted by molar-refractivity contribution is 0.601. The molecule has 0 spiro atoms. The maximum Gasteiger partial charge on any atom is 0.265 e. The zero-order chi connectivity index (χ0) is 15.6. The number of sulfonamides is 1. The molecule has 0 aliphatic carbocycles. The van der Waals surface area contributed by atoms with Crippen molar-refractivity contribution >= 4 is 15.7 Å². The average Bonchev–Trinajstić information content (AvgIpc) is 3.01. The van der Waals surface area contributed by atoms with E-state index < -0.39 is 10.0 Å². The number of aryl methyl sites for hydroxylation is 1. The van der Waals surface area contributed by atoms with E-state index in [1.807, 2.05) is 25.1 Å². The molecule has 7 heteroatoms. The van der Waals surface area contributed by atoms with Crippen LogP contribution in [-0.4, -0.2) is 23.2 Å². The third kappa shape index (κ3) is 2.84. The van der Waals surface area contributed by atoms with E-state index in [4.69, 9.17) is 0 Å². The molecule has 2 heterocycles. The van der Waals surface area contributed by atoms with Gasteiger partial charge < -0.3 is 0 Å². The summed E-state index contributed by atoms with van der Waals surface area (Å²) in [4.78, 5) is 4.21. The van der Waals surface area contributed by atoms with Gasteiger partial charge >= 0.3 is 0 Å². The van der Waals surface area contributed by atoms with Crippen LogP contribution in [0.25, 0.3) is 5.82 Å². The molecule has 1 aromatic carbocycles. The summed E-state index contributed by atoms with van der Waals surface area (Å²) in [6.07, 6.45) is 4.36. The topological polar surface area (TPSA) is 76.9 Å². The quantitative estimate of drug-likeness (QED) is 0.802. The van der Waals surface area contributed by atoms with Gasteiger partial charge in [-0.05, 0) is 30.7 Å². The summed E-state index contributed by atoms with van der Waals surface area (Å²) in [5.41, 5.74) is 1.40. The highest BCUT2D eigenvalue weighted by Crippen LogP contribution is 2.19. The second-order valence-corrected chi connectivity index (χ2v) is 6.41. The van der Waals surface area contributed by atoms with Gasteiger partial charge in [-0.1, -0.05) is 24.3 Å². The Hall–Kier alpha value is -2.67. The molecule has 6 nitrogen and oxygen atoms in total. The fourth-order valence-electron chi connectivity index (χ4n) is 1.95. The summed E-state index contributed by atoms with van der Waals surface area (Å²) in [6, 6.07) is 12.5. The van der Waals surface area contributed by atoms with Crippen LogP contribution in [0.2, 0.25) is 0 Å². The smallest absolute Gasteiger partial charge is 0.265 e. The number of aromatic nitrogens is 3. The van der Waals surface area contributed by atoms with E-state index in [1.54, 1.807) is 30.5 Å². The van der Waals surface area contributed by atoms with Gasteiger partial charge in [-0.15, -0.1) is 0 Å². The van der Waals surface area contributed by atoms with Gasteiger partial charge in [0.05, 0.1) is 18.1 Å². The molecule has 0 bridgehead atoms. The molecule has 3 aromatic rings. The van der Waals surface area contributed by atoms with Crippen LogP contribution in [0.15, 0.2) is 66.0 Å². The highest BCUT2D eigenvalue weighted by molar-refractivity contribution is 7.92. The highest BCUT2D eigenvalue weighted by atomic mass is 32.2. The van der Waals surface area contributed by atoms with Crippen LogP contribution in [0.5, 0.6) is 0 Å². The Morgan fingerprint density at radius 1 is 1.09 bits per heavy atom. The van der Waals surface area contributed by atoms with Crippen molar-refractivity contribution in [2.24, 2.45) is 0 Å². The van der Waals surface area contributed by atoms with E-state index in [0.717, 1.165) is 5.56 Å². The summed E-state index contributed by atoms with van der Waals surface area (Å²) >= 11 is 0. The number of nitrogens with one attached hydrogen (secondary N) is 1. The van der Waals surface area contributed by atoms with Crippen molar-refractivity contribution in [3.05, 3.63) is 66.6 Å². The molecule has 0 radical (unpaired) electrons. The molecule has 0 atom stereocenters. The molecule has 0 aliphatic heterocycles. The number of rotatable bonds is 4. The highest BCUT2D eigenvalue weighted by Gasteiger charge is 2.18. The first-order chi connectivity index (χ1) is 10.6. The fraction of sp³-hybridized carbons (Fsp3) is 0.0667. The van der Waals surface area contributed by atoms with E-state index in [0.29, 0.717) is 11.5 Å². The van der Waals surface area contributed by atoms with E-state index in [-0.39, 0.29) is 4.90 Å². The van der Waals surface area contributed by atoms with Crippen molar-refractivity contribution in [1.82, 2.24) is 14.8 Å². The predicted octanol–water partition coefficient (Wildman–Crippen LogP) is 2.38. The minimum Gasteiger partial charge on any atom is -0.279 e. The van der Waals surface area contributed by atoms with E-state index in [1.165, 1.54) is 17.1 Å². The summed E-state index contributed by atoms with van der Waals surface area (Å²) in [6.45, 7) is 1.84. The summed E-state index contributed by atoms with van der Waals surface area (Å²) in [5.74, 6) is 0.555. The molecule has 3 rings (SSSR count). The maximum absolute atomic E-state index is 12.4. The van der Waals surface area contributed by atoms with Gasteiger partial charge in [0, 0.05) is 6.20 Å². The molecular weight excluding hydrogens is 300 g/mol. The van der Waals surface area contributed by atoms with Crippen LogP contribution >= 0.6 is 0 Å². The Balaban J connectivity index is 1.91. The molecule has 0 aliphatic rings. The first-order valence-corrected chi connectivity index (χ1v) is 8.09. The van der Waals surface area contributed by atoms with Crippen LogP contribution in [0.1, 0.15) is 5.56 Å². The Bertz CT molecular complexity index is 889. The lowest BCUT2D eigenvalue weighted by atomic mass is 10.2. The van der Waals surface area contributed by atoms with Crippen molar-refractivity contribution < 1.29 is 8.42 Å². The standard InChI is InChI=1S/C15H14N4O2S/c1-12-6-2-3-7-14(12)18-22(20,21)13-10-17-19(11-13)15-8-4-5-9-16-15/h2-11,18H,1H3. The molecule has 112 valence electrons. The van der Waals surface area contributed by atoms with Crippen molar-refractivity contribution in [1.29, 1.82) is 0 Å². The van der Waals surface area contributed by atoms with E-state index >= 15 is 0 Å². The molecule has 2 aromatic heterocycles. The van der Waals surface area contributed by atoms with Gasteiger partial charge in [-0.3, -0.25) is 4.72 Å².